The number of methoxy groups -OCH3 is 1. The zero-order valence-electron chi connectivity index (χ0n) is 17.2. The molecule has 0 bridgehead atoms. The van der Waals surface area contributed by atoms with Gasteiger partial charge in [0.25, 0.3) is 0 Å². The second-order valence-electron chi connectivity index (χ2n) is 7.03. The van der Waals surface area contributed by atoms with E-state index in [0.29, 0.717) is 12.5 Å². The number of aromatic nitrogens is 2. The summed E-state index contributed by atoms with van der Waals surface area (Å²) in [5, 5.41) is 3.23. The summed E-state index contributed by atoms with van der Waals surface area (Å²) in [7, 11) is 1.40. The molecule has 3 rings (SSSR count). The van der Waals surface area contributed by atoms with E-state index in [2.05, 4.69) is 10.3 Å². The molecule has 0 atom stereocenters. The Balaban J connectivity index is 2.01. The van der Waals surface area contributed by atoms with Gasteiger partial charge < -0.3 is 19.4 Å². The summed E-state index contributed by atoms with van der Waals surface area (Å²) in [5.74, 6) is 0.656. The van der Waals surface area contributed by atoms with Crippen LogP contribution in [0.15, 0.2) is 47.4 Å². The van der Waals surface area contributed by atoms with Gasteiger partial charge in [-0.05, 0) is 50.6 Å². The number of nitrogens with one attached hydrogen (secondary N) is 1. The number of hydrogen-bond acceptors (Lipinski definition) is 5. The van der Waals surface area contributed by atoms with Crippen LogP contribution in [0.3, 0.4) is 0 Å². The van der Waals surface area contributed by atoms with Crippen LogP contribution < -0.4 is 20.3 Å². The molecule has 3 aromatic rings. The third-order valence-electron chi connectivity index (χ3n) is 4.41. The van der Waals surface area contributed by atoms with Crippen LogP contribution in [0.1, 0.15) is 25.0 Å². The van der Waals surface area contributed by atoms with Gasteiger partial charge >= 0.3 is 5.56 Å². The molecule has 2 aromatic carbocycles. The molecule has 0 unspecified atom stereocenters. The summed E-state index contributed by atoms with van der Waals surface area (Å²) < 4.78 is 26.2. The lowest BCUT2D eigenvalue weighted by Gasteiger charge is -2.18. The third kappa shape index (κ3) is 4.91. The van der Waals surface area contributed by atoms with Gasteiger partial charge in [-0.1, -0.05) is 23.7 Å². The number of hydrogen-bond donors (Lipinski definition) is 1. The highest BCUT2D eigenvalue weighted by molar-refractivity contribution is 6.30. The summed E-state index contributed by atoms with van der Waals surface area (Å²) in [6.07, 6.45) is 1.58. The number of ether oxygens (including phenoxy) is 2. The molecular weight excluding hydrogens is 409 g/mol. The second kappa shape index (κ2) is 9.17. The van der Waals surface area contributed by atoms with Crippen molar-refractivity contribution >= 4 is 23.2 Å². The third-order valence-corrected chi connectivity index (χ3v) is 4.70. The monoisotopic (exact) mass is 431 g/mol. The molecular formula is C22H23ClFN3O3. The van der Waals surface area contributed by atoms with Gasteiger partial charge in [0.05, 0.1) is 31.0 Å². The molecule has 0 amide bonds. The summed E-state index contributed by atoms with van der Waals surface area (Å²) in [6.45, 7) is 6.13. The zero-order valence-corrected chi connectivity index (χ0v) is 18.0. The van der Waals surface area contributed by atoms with Gasteiger partial charge in [-0.25, -0.2) is 4.39 Å². The fraction of sp³-hybridized carbons (Fsp3) is 0.273. The Morgan fingerprint density at radius 2 is 2.00 bits per heavy atom. The number of anilines is 2. The van der Waals surface area contributed by atoms with Gasteiger partial charge in [0.2, 0.25) is 11.7 Å². The fourth-order valence-corrected chi connectivity index (χ4v) is 3.12. The van der Waals surface area contributed by atoms with Gasteiger partial charge in [-0.2, -0.15) is 4.98 Å². The van der Waals surface area contributed by atoms with Gasteiger partial charge in [-0.15, -0.1) is 0 Å². The standard InChI is InChI=1S/C22H23ClFN3O3/c1-13(2)30-19-7-5-6-18(14(19)3)25-22-26-21(28)20(29-4)12-27(22)11-15-8-9-17(24)16(23)10-15/h5-10,12-13H,11H2,1-4H3,(H,25,26,28). The predicted molar refractivity (Wildman–Crippen MR) is 116 cm³/mol. The number of benzene rings is 2. The first-order valence-corrected chi connectivity index (χ1v) is 9.79. The highest BCUT2D eigenvalue weighted by atomic mass is 35.5. The van der Waals surface area contributed by atoms with Crippen molar-refractivity contribution in [2.45, 2.75) is 33.4 Å². The van der Waals surface area contributed by atoms with E-state index in [-0.39, 0.29) is 16.9 Å². The molecule has 0 saturated carbocycles. The van der Waals surface area contributed by atoms with E-state index in [1.54, 1.807) is 16.8 Å². The maximum absolute atomic E-state index is 13.5. The molecule has 0 aliphatic carbocycles. The number of nitrogens with zero attached hydrogens (tertiary/aromatic N) is 2. The Bertz CT molecular complexity index is 1120. The van der Waals surface area contributed by atoms with Crippen molar-refractivity contribution in [1.29, 1.82) is 0 Å². The number of rotatable bonds is 7. The van der Waals surface area contributed by atoms with E-state index < -0.39 is 11.4 Å². The van der Waals surface area contributed by atoms with Crippen molar-refractivity contribution in [1.82, 2.24) is 9.55 Å². The quantitative estimate of drug-likeness (QED) is 0.574. The molecule has 30 heavy (non-hydrogen) atoms. The van der Waals surface area contributed by atoms with Crippen molar-refractivity contribution < 1.29 is 13.9 Å². The Hall–Kier alpha value is -3.06. The van der Waals surface area contributed by atoms with E-state index in [1.807, 2.05) is 39.0 Å². The van der Waals surface area contributed by atoms with Crippen LogP contribution in [-0.2, 0) is 6.54 Å². The lowest BCUT2D eigenvalue weighted by molar-refractivity contribution is 0.241. The predicted octanol–water partition coefficient (Wildman–Crippen LogP) is 4.93. The highest BCUT2D eigenvalue weighted by Crippen LogP contribution is 2.28. The van der Waals surface area contributed by atoms with E-state index in [9.17, 15) is 9.18 Å². The topological polar surface area (TPSA) is 65.4 Å². The molecule has 0 saturated heterocycles. The average Bonchev–Trinajstić information content (AvgIpc) is 2.69. The SMILES string of the molecule is COc1cn(Cc2ccc(F)c(Cl)c2)c(Nc2cccc(OC(C)C)c2C)nc1=O. The summed E-state index contributed by atoms with van der Waals surface area (Å²) in [5.41, 5.74) is 1.87. The molecule has 0 aliphatic heterocycles. The van der Waals surface area contributed by atoms with Crippen molar-refractivity contribution in [3.05, 3.63) is 74.9 Å². The van der Waals surface area contributed by atoms with Crippen LogP contribution in [-0.4, -0.2) is 22.8 Å². The number of halogens is 2. The molecule has 1 aromatic heterocycles. The van der Waals surface area contributed by atoms with E-state index in [0.717, 1.165) is 22.6 Å². The smallest absolute Gasteiger partial charge is 0.316 e. The molecule has 1 heterocycles. The van der Waals surface area contributed by atoms with Crippen LogP contribution >= 0.6 is 11.6 Å². The first kappa shape index (κ1) is 21.6. The average molecular weight is 432 g/mol. The van der Waals surface area contributed by atoms with Crippen LogP contribution in [0.4, 0.5) is 16.0 Å². The Morgan fingerprint density at radius 1 is 1.23 bits per heavy atom. The molecule has 0 aliphatic rings. The zero-order chi connectivity index (χ0) is 21.8. The summed E-state index contributed by atoms with van der Waals surface area (Å²) >= 11 is 5.91. The van der Waals surface area contributed by atoms with Crippen molar-refractivity contribution in [3.8, 4) is 11.5 Å². The molecule has 8 heteroatoms. The van der Waals surface area contributed by atoms with Crippen LogP contribution in [0.5, 0.6) is 11.5 Å². The Labute approximate surface area is 179 Å². The molecule has 0 fully saturated rings. The normalized spacial score (nSPS) is 10.9. The van der Waals surface area contributed by atoms with Crippen LogP contribution in [0.2, 0.25) is 5.02 Å². The first-order valence-electron chi connectivity index (χ1n) is 9.41. The highest BCUT2D eigenvalue weighted by Gasteiger charge is 2.13. The molecule has 6 nitrogen and oxygen atoms in total. The van der Waals surface area contributed by atoms with Gasteiger partial charge in [0.1, 0.15) is 11.6 Å². The molecule has 1 N–H and O–H groups in total. The largest absolute Gasteiger partial charge is 0.491 e. The summed E-state index contributed by atoms with van der Waals surface area (Å²) in [4.78, 5) is 16.4. The first-order chi connectivity index (χ1) is 14.3. The lowest BCUT2D eigenvalue weighted by Crippen LogP contribution is -2.19. The second-order valence-corrected chi connectivity index (χ2v) is 7.44. The van der Waals surface area contributed by atoms with E-state index in [1.165, 1.54) is 19.2 Å². The maximum atomic E-state index is 13.5. The lowest BCUT2D eigenvalue weighted by atomic mass is 10.1. The minimum absolute atomic E-state index is 0.0253. The van der Waals surface area contributed by atoms with E-state index >= 15 is 0 Å². The van der Waals surface area contributed by atoms with Crippen molar-refractivity contribution in [2.75, 3.05) is 12.4 Å². The Morgan fingerprint density at radius 3 is 2.67 bits per heavy atom. The van der Waals surface area contributed by atoms with Gasteiger partial charge in [0, 0.05) is 11.3 Å². The minimum atomic E-state index is -0.499. The summed E-state index contributed by atoms with van der Waals surface area (Å²) in [6, 6.07) is 10.1. The van der Waals surface area contributed by atoms with Crippen molar-refractivity contribution in [3.63, 3.8) is 0 Å². The minimum Gasteiger partial charge on any atom is -0.491 e. The molecule has 0 radical (unpaired) electrons. The van der Waals surface area contributed by atoms with Crippen molar-refractivity contribution in [2.24, 2.45) is 0 Å². The van der Waals surface area contributed by atoms with Gasteiger partial charge in [-0.3, -0.25) is 4.79 Å². The maximum Gasteiger partial charge on any atom is 0.316 e. The molecule has 158 valence electrons. The van der Waals surface area contributed by atoms with E-state index in [4.69, 9.17) is 21.1 Å². The molecule has 0 spiro atoms. The van der Waals surface area contributed by atoms with Gasteiger partial charge in [0.15, 0.2) is 0 Å². The Kier molecular flexibility index (Phi) is 6.62. The van der Waals surface area contributed by atoms with Crippen LogP contribution in [0.25, 0.3) is 0 Å². The fourth-order valence-electron chi connectivity index (χ4n) is 2.92. The van der Waals surface area contributed by atoms with Crippen LogP contribution in [0, 0.1) is 12.7 Å².